The van der Waals surface area contributed by atoms with Crippen molar-refractivity contribution in [2.45, 2.75) is 36.7 Å². The third-order valence-corrected chi connectivity index (χ3v) is 6.05. The lowest BCUT2D eigenvalue weighted by molar-refractivity contribution is 0.0803. The molecule has 0 aromatic heterocycles. The van der Waals surface area contributed by atoms with Gasteiger partial charge in [-0.15, -0.1) is 0 Å². The number of carbonyl (C=O) groups excluding carboxylic acids is 1. The monoisotopic (exact) mass is 391 g/mol. The molecule has 2 heterocycles. The van der Waals surface area contributed by atoms with Gasteiger partial charge >= 0.3 is 6.03 Å². The number of halogens is 1. The predicted molar refractivity (Wildman–Crippen MR) is 104 cm³/mol. The summed E-state index contributed by atoms with van der Waals surface area (Å²) in [6.45, 7) is 2.50. The molecule has 2 aliphatic rings. The molecule has 0 bridgehead atoms. The molecule has 1 aromatic rings. The van der Waals surface area contributed by atoms with E-state index in [1.807, 2.05) is 34.1 Å². The molecule has 0 unspecified atom stereocenters. The maximum Gasteiger partial charge on any atom is 0.320 e. The maximum absolute atomic E-state index is 12.6. The second-order valence-electron chi connectivity index (χ2n) is 6.68. The number of allylic oxidation sites excluding steroid dienone is 1. The lowest BCUT2D eigenvalue weighted by atomic mass is 9.94. The third kappa shape index (κ3) is 4.35. The second kappa shape index (κ2) is 8.81. The Kier molecular flexibility index (Phi) is 6.47. The van der Waals surface area contributed by atoms with Crippen molar-refractivity contribution in [1.29, 1.82) is 5.26 Å². The van der Waals surface area contributed by atoms with Gasteiger partial charge in [-0.2, -0.15) is 5.26 Å². The molecule has 0 saturated carbocycles. The summed E-state index contributed by atoms with van der Waals surface area (Å²) in [5, 5.41) is 19.2. The van der Waals surface area contributed by atoms with E-state index in [0.717, 1.165) is 39.8 Å². The molecular weight excluding hydrogens is 370 g/mol. The number of benzene rings is 1. The topological polar surface area (TPSA) is 67.6 Å². The van der Waals surface area contributed by atoms with Crippen LogP contribution in [0.5, 0.6) is 0 Å². The van der Waals surface area contributed by atoms with Crippen molar-refractivity contribution in [2.75, 3.05) is 26.2 Å². The highest BCUT2D eigenvalue weighted by Crippen LogP contribution is 2.29. The van der Waals surface area contributed by atoms with Crippen LogP contribution in [0.1, 0.15) is 31.2 Å². The quantitative estimate of drug-likeness (QED) is 0.777. The summed E-state index contributed by atoms with van der Waals surface area (Å²) >= 11 is 0. The number of amides is 2. The summed E-state index contributed by atoms with van der Waals surface area (Å²) in [5.41, 5.74) is 2.72. The average molecular weight is 392 g/mol. The SMILES string of the molecule is N#CC(=C1CCN(C(=O)N2CCC(O)CC2)CC1)c1ccc(SCl)cc1. The molecular formula is C19H22ClN3O2S. The first-order valence-electron chi connectivity index (χ1n) is 8.85. The van der Waals surface area contributed by atoms with Crippen LogP contribution in [0.3, 0.4) is 0 Å². The van der Waals surface area contributed by atoms with Crippen LogP contribution in [-0.4, -0.2) is 53.2 Å². The van der Waals surface area contributed by atoms with Gasteiger partial charge in [0.15, 0.2) is 0 Å². The second-order valence-corrected chi connectivity index (χ2v) is 7.77. The average Bonchev–Trinajstić information content (AvgIpc) is 2.70. The first-order chi connectivity index (χ1) is 12.6. The predicted octanol–water partition coefficient (Wildman–Crippen LogP) is 3.88. The van der Waals surface area contributed by atoms with Gasteiger partial charge in [0.25, 0.3) is 0 Å². The standard InChI is InChI=1S/C19H22ClN3O2S/c20-26-17-3-1-14(2-4-17)18(13-21)15-5-9-22(10-6-15)19(25)23-11-7-16(24)8-12-23/h1-4,16,24H,5-12H2. The number of carbonyl (C=O) groups is 1. The Labute approximate surface area is 162 Å². The molecule has 2 saturated heterocycles. The van der Waals surface area contributed by atoms with Crippen LogP contribution in [0, 0.1) is 11.3 Å². The van der Waals surface area contributed by atoms with E-state index in [2.05, 4.69) is 6.07 Å². The van der Waals surface area contributed by atoms with Crippen LogP contribution >= 0.6 is 21.7 Å². The Morgan fingerprint density at radius 1 is 1.12 bits per heavy atom. The van der Waals surface area contributed by atoms with Gasteiger partial charge in [-0.25, -0.2) is 4.79 Å². The zero-order chi connectivity index (χ0) is 18.5. The van der Waals surface area contributed by atoms with Crippen molar-refractivity contribution < 1.29 is 9.90 Å². The Morgan fingerprint density at radius 2 is 1.69 bits per heavy atom. The van der Waals surface area contributed by atoms with Crippen molar-refractivity contribution >= 4 is 33.3 Å². The van der Waals surface area contributed by atoms with Crippen LogP contribution in [0.15, 0.2) is 34.7 Å². The molecule has 2 fully saturated rings. The Hall–Kier alpha value is -1.68. The highest BCUT2D eigenvalue weighted by molar-refractivity contribution is 8.21. The van der Waals surface area contributed by atoms with Crippen molar-refractivity contribution in [2.24, 2.45) is 0 Å². The fourth-order valence-electron chi connectivity index (χ4n) is 3.50. The number of hydrogen-bond donors (Lipinski definition) is 1. The number of hydrogen-bond acceptors (Lipinski definition) is 4. The van der Waals surface area contributed by atoms with Gasteiger partial charge in [0.05, 0.1) is 17.7 Å². The van der Waals surface area contributed by atoms with E-state index >= 15 is 0 Å². The Balaban J connectivity index is 1.65. The van der Waals surface area contributed by atoms with Crippen molar-refractivity contribution in [3.05, 3.63) is 35.4 Å². The van der Waals surface area contributed by atoms with E-state index in [-0.39, 0.29) is 12.1 Å². The van der Waals surface area contributed by atoms with Crippen LogP contribution in [0.4, 0.5) is 4.79 Å². The van der Waals surface area contributed by atoms with Crippen LogP contribution in [-0.2, 0) is 0 Å². The van der Waals surface area contributed by atoms with Crippen LogP contribution < -0.4 is 0 Å². The largest absolute Gasteiger partial charge is 0.393 e. The number of urea groups is 1. The summed E-state index contributed by atoms with van der Waals surface area (Å²) in [6.07, 6.45) is 2.46. The fourth-order valence-corrected chi connectivity index (χ4v) is 4.04. The molecule has 7 heteroatoms. The van der Waals surface area contributed by atoms with Gasteiger partial charge in [0, 0.05) is 31.1 Å². The molecule has 2 aliphatic heterocycles. The number of aliphatic hydroxyl groups excluding tert-OH is 1. The number of nitrogens with zero attached hydrogens (tertiary/aromatic N) is 3. The van der Waals surface area contributed by atoms with Crippen LogP contribution in [0.2, 0.25) is 0 Å². The molecule has 138 valence electrons. The maximum atomic E-state index is 12.6. The summed E-state index contributed by atoms with van der Waals surface area (Å²) in [6, 6.07) is 10.1. The summed E-state index contributed by atoms with van der Waals surface area (Å²) < 4.78 is 0. The van der Waals surface area contributed by atoms with E-state index in [1.165, 1.54) is 0 Å². The van der Waals surface area contributed by atoms with Crippen LogP contribution in [0.25, 0.3) is 5.57 Å². The van der Waals surface area contributed by atoms with E-state index in [0.29, 0.717) is 44.6 Å². The summed E-state index contributed by atoms with van der Waals surface area (Å²) in [7, 11) is 6.90. The molecule has 0 radical (unpaired) electrons. The first kappa shape index (κ1) is 19.1. The number of rotatable bonds is 2. The molecule has 2 amide bonds. The molecule has 1 N–H and O–H groups in total. The lowest BCUT2D eigenvalue weighted by Crippen LogP contribution is -2.49. The van der Waals surface area contributed by atoms with E-state index in [9.17, 15) is 15.2 Å². The number of aliphatic hydroxyl groups is 1. The molecule has 0 atom stereocenters. The minimum absolute atomic E-state index is 0.0537. The molecule has 5 nitrogen and oxygen atoms in total. The van der Waals surface area contributed by atoms with E-state index < -0.39 is 0 Å². The highest BCUT2D eigenvalue weighted by Gasteiger charge is 2.28. The minimum Gasteiger partial charge on any atom is -0.393 e. The summed E-state index contributed by atoms with van der Waals surface area (Å²) in [5.74, 6) is 0. The van der Waals surface area contributed by atoms with Gasteiger partial charge in [-0.1, -0.05) is 12.1 Å². The normalized spacial score (nSPS) is 18.6. The summed E-state index contributed by atoms with van der Waals surface area (Å²) in [4.78, 5) is 17.3. The molecule has 26 heavy (non-hydrogen) atoms. The lowest BCUT2D eigenvalue weighted by Gasteiger charge is -2.36. The smallest absolute Gasteiger partial charge is 0.320 e. The first-order valence-corrected chi connectivity index (χ1v) is 10.5. The third-order valence-electron chi connectivity index (χ3n) is 5.07. The fraction of sp³-hybridized carbons (Fsp3) is 0.474. The number of piperidine rings is 2. The van der Waals surface area contributed by atoms with Gasteiger partial charge in [0.1, 0.15) is 0 Å². The van der Waals surface area contributed by atoms with Crippen molar-refractivity contribution in [3.8, 4) is 6.07 Å². The molecule has 0 aliphatic carbocycles. The van der Waals surface area contributed by atoms with Gasteiger partial charge in [0.2, 0.25) is 0 Å². The molecule has 0 spiro atoms. The van der Waals surface area contributed by atoms with Crippen molar-refractivity contribution in [1.82, 2.24) is 9.80 Å². The zero-order valence-electron chi connectivity index (χ0n) is 14.5. The zero-order valence-corrected chi connectivity index (χ0v) is 16.1. The molecule has 1 aromatic carbocycles. The number of likely N-dealkylation sites (tertiary alicyclic amines) is 2. The minimum atomic E-state index is -0.281. The molecule has 3 rings (SSSR count). The van der Waals surface area contributed by atoms with E-state index in [4.69, 9.17) is 10.7 Å². The van der Waals surface area contributed by atoms with Gasteiger partial charge < -0.3 is 14.9 Å². The van der Waals surface area contributed by atoms with Gasteiger partial charge in [-0.05, 0) is 70.6 Å². The van der Waals surface area contributed by atoms with Gasteiger partial charge in [-0.3, -0.25) is 0 Å². The van der Waals surface area contributed by atoms with Crippen molar-refractivity contribution in [3.63, 3.8) is 0 Å². The van der Waals surface area contributed by atoms with E-state index in [1.54, 1.807) is 0 Å². The Morgan fingerprint density at radius 3 is 2.23 bits per heavy atom. The number of nitriles is 1. The Bertz CT molecular complexity index is 711. The highest BCUT2D eigenvalue weighted by atomic mass is 35.7.